The van der Waals surface area contributed by atoms with Crippen LogP contribution in [0.1, 0.15) is 32.3 Å². The molecule has 0 radical (unpaired) electrons. The molecule has 1 heterocycles. The number of rotatable bonds is 6. The Kier molecular flexibility index (Phi) is 5.77. The van der Waals surface area contributed by atoms with Gasteiger partial charge in [-0.1, -0.05) is 25.4 Å². The van der Waals surface area contributed by atoms with Crippen molar-refractivity contribution < 1.29 is 13.2 Å². The maximum absolute atomic E-state index is 12.6. The lowest BCUT2D eigenvalue weighted by atomic mass is 9.99. The van der Waals surface area contributed by atoms with Gasteiger partial charge in [-0.25, -0.2) is 8.42 Å². The lowest BCUT2D eigenvalue weighted by molar-refractivity contribution is -0.118. The smallest absolute Gasteiger partial charge is 0.261 e. The number of sulfonamides is 1. The van der Waals surface area contributed by atoms with E-state index in [4.69, 9.17) is 11.6 Å². The van der Waals surface area contributed by atoms with E-state index >= 15 is 0 Å². The van der Waals surface area contributed by atoms with Gasteiger partial charge in [-0.15, -0.1) is 0 Å². The lowest BCUT2D eigenvalue weighted by Crippen LogP contribution is -2.36. The number of carbonyl (C=O) groups is 1. The summed E-state index contributed by atoms with van der Waals surface area (Å²) in [6.45, 7) is 4.94. The molecule has 0 saturated carbocycles. The maximum atomic E-state index is 12.6. The van der Waals surface area contributed by atoms with E-state index in [-0.39, 0.29) is 10.8 Å². The molecule has 27 heavy (non-hydrogen) atoms. The molecule has 0 aliphatic carbocycles. The summed E-state index contributed by atoms with van der Waals surface area (Å²) in [5.41, 5.74) is 2.35. The van der Waals surface area contributed by atoms with Crippen LogP contribution in [-0.4, -0.2) is 20.9 Å². The molecular formula is C20H23ClN2O3S. The molecule has 0 spiro atoms. The normalized spacial score (nSPS) is 14.4. The summed E-state index contributed by atoms with van der Waals surface area (Å²) in [5, 5.41) is 0.480. The van der Waals surface area contributed by atoms with E-state index in [9.17, 15) is 13.2 Å². The highest BCUT2D eigenvalue weighted by Gasteiger charge is 2.25. The van der Waals surface area contributed by atoms with E-state index in [0.29, 0.717) is 36.0 Å². The van der Waals surface area contributed by atoms with Crippen LogP contribution in [0.4, 0.5) is 11.4 Å². The number of carbonyl (C=O) groups excluding carboxylic acids is 1. The van der Waals surface area contributed by atoms with Gasteiger partial charge < -0.3 is 4.90 Å². The van der Waals surface area contributed by atoms with Crippen LogP contribution in [0.15, 0.2) is 47.4 Å². The Morgan fingerprint density at radius 1 is 1.11 bits per heavy atom. The molecule has 2 aromatic carbocycles. The van der Waals surface area contributed by atoms with Crippen molar-refractivity contribution in [1.82, 2.24) is 0 Å². The molecule has 3 rings (SSSR count). The Balaban J connectivity index is 1.83. The third-order valence-corrected chi connectivity index (χ3v) is 6.23. The molecular weight excluding hydrogens is 384 g/mol. The van der Waals surface area contributed by atoms with Gasteiger partial charge in [0.1, 0.15) is 0 Å². The fraction of sp³-hybridized carbons (Fsp3) is 0.350. The number of fused-ring (bicyclic) bond motifs is 1. The minimum Gasteiger partial charge on any atom is -0.312 e. The number of nitrogens with zero attached hydrogens (tertiary/aromatic N) is 1. The molecule has 1 aliphatic heterocycles. The van der Waals surface area contributed by atoms with Crippen LogP contribution in [0.2, 0.25) is 5.02 Å². The zero-order valence-corrected chi connectivity index (χ0v) is 17.0. The van der Waals surface area contributed by atoms with E-state index in [1.165, 1.54) is 12.1 Å². The number of halogens is 1. The van der Waals surface area contributed by atoms with Crippen molar-refractivity contribution in [3.63, 3.8) is 0 Å². The monoisotopic (exact) mass is 406 g/mol. The summed E-state index contributed by atoms with van der Waals surface area (Å²) in [5.74, 6) is 0.631. The van der Waals surface area contributed by atoms with Crippen LogP contribution in [0.25, 0.3) is 0 Å². The number of benzene rings is 2. The SMILES string of the molecule is CC(C)CCN1C(=O)CCc2cc(NS(=O)(=O)c3ccc(Cl)cc3)ccc21. The zero-order chi connectivity index (χ0) is 19.6. The van der Waals surface area contributed by atoms with Crippen molar-refractivity contribution in [2.45, 2.75) is 38.0 Å². The van der Waals surface area contributed by atoms with Gasteiger partial charge in [0.05, 0.1) is 4.90 Å². The first-order valence-corrected chi connectivity index (χ1v) is 10.8. The van der Waals surface area contributed by atoms with Crippen LogP contribution >= 0.6 is 11.6 Å². The van der Waals surface area contributed by atoms with Gasteiger partial charge in [-0.2, -0.15) is 0 Å². The average Bonchev–Trinajstić information content (AvgIpc) is 2.61. The Hall–Kier alpha value is -2.05. The average molecular weight is 407 g/mol. The number of aryl methyl sites for hydroxylation is 1. The topological polar surface area (TPSA) is 66.5 Å². The molecule has 1 aliphatic rings. The number of amides is 1. The van der Waals surface area contributed by atoms with Crippen molar-refractivity contribution in [1.29, 1.82) is 0 Å². The van der Waals surface area contributed by atoms with Gasteiger partial charge in [-0.05, 0) is 66.8 Å². The molecule has 0 unspecified atom stereocenters. The zero-order valence-electron chi connectivity index (χ0n) is 15.4. The van der Waals surface area contributed by atoms with Crippen LogP contribution < -0.4 is 9.62 Å². The van der Waals surface area contributed by atoms with Crippen molar-refractivity contribution in [3.8, 4) is 0 Å². The van der Waals surface area contributed by atoms with Crippen LogP contribution in [0.3, 0.4) is 0 Å². The first-order valence-electron chi connectivity index (χ1n) is 8.98. The highest BCUT2D eigenvalue weighted by molar-refractivity contribution is 7.92. The fourth-order valence-corrected chi connectivity index (χ4v) is 4.26. The quantitative estimate of drug-likeness (QED) is 0.769. The summed E-state index contributed by atoms with van der Waals surface area (Å²) in [4.78, 5) is 14.3. The lowest BCUT2D eigenvalue weighted by Gasteiger charge is -2.30. The molecule has 2 aromatic rings. The third-order valence-electron chi connectivity index (χ3n) is 4.59. The molecule has 0 saturated heterocycles. The van der Waals surface area contributed by atoms with Crippen molar-refractivity contribution in [2.75, 3.05) is 16.2 Å². The van der Waals surface area contributed by atoms with E-state index in [1.54, 1.807) is 18.2 Å². The van der Waals surface area contributed by atoms with Gasteiger partial charge in [-0.3, -0.25) is 9.52 Å². The third kappa shape index (κ3) is 4.62. The summed E-state index contributed by atoms with van der Waals surface area (Å²) >= 11 is 5.82. The molecule has 5 nitrogen and oxygen atoms in total. The largest absolute Gasteiger partial charge is 0.312 e. The molecule has 0 fully saturated rings. The number of nitrogens with one attached hydrogen (secondary N) is 1. The first-order chi connectivity index (χ1) is 12.8. The van der Waals surface area contributed by atoms with Crippen LogP contribution in [0.5, 0.6) is 0 Å². The molecule has 0 aromatic heterocycles. The van der Waals surface area contributed by atoms with Gasteiger partial charge in [0, 0.05) is 29.4 Å². The van der Waals surface area contributed by atoms with Gasteiger partial charge in [0.25, 0.3) is 10.0 Å². The summed E-state index contributed by atoms with van der Waals surface area (Å²) in [6.07, 6.45) is 1.98. The van der Waals surface area contributed by atoms with E-state index < -0.39 is 10.0 Å². The van der Waals surface area contributed by atoms with Crippen LogP contribution in [-0.2, 0) is 21.2 Å². The second-order valence-electron chi connectivity index (χ2n) is 7.13. The summed E-state index contributed by atoms with van der Waals surface area (Å²) in [6, 6.07) is 11.4. The van der Waals surface area contributed by atoms with Gasteiger partial charge >= 0.3 is 0 Å². The number of hydrogen-bond donors (Lipinski definition) is 1. The number of anilines is 2. The second kappa shape index (κ2) is 7.90. The molecule has 0 atom stereocenters. The fourth-order valence-electron chi connectivity index (χ4n) is 3.08. The molecule has 7 heteroatoms. The molecule has 1 N–H and O–H groups in total. The van der Waals surface area contributed by atoms with E-state index in [2.05, 4.69) is 18.6 Å². The highest BCUT2D eigenvalue weighted by atomic mass is 35.5. The van der Waals surface area contributed by atoms with E-state index in [1.807, 2.05) is 17.0 Å². The molecule has 1 amide bonds. The van der Waals surface area contributed by atoms with Gasteiger partial charge in [0.2, 0.25) is 5.91 Å². The predicted molar refractivity (Wildman–Crippen MR) is 109 cm³/mol. The Morgan fingerprint density at radius 3 is 2.48 bits per heavy atom. The second-order valence-corrected chi connectivity index (χ2v) is 9.25. The Labute approximate surface area is 165 Å². The number of hydrogen-bond acceptors (Lipinski definition) is 3. The standard InChI is InChI=1S/C20H23ClN2O3S/c1-14(2)11-12-23-19-9-6-17(13-15(19)3-10-20(23)24)22-27(25,26)18-7-4-16(21)5-8-18/h4-9,13-14,22H,3,10-12H2,1-2H3. The predicted octanol–water partition coefficient (Wildman–Crippen LogP) is 4.47. The van der Waals surface area contributed by atoms with Crippen molar-refractivity contribution in [2.24, 2.45) is 5.92 Å². The molecule has 144 valence electrons. The van der Waals surface area contributed by atoms with Gasteiger partial charge in [0.15, 0.2) is 0 Å². The minimum absolute atomic E-state index is 0.123. The summed E-state index contributed by atoms with van der Waals surface area (Å²) in [7, 11) is -3.69. The Morgan fingerprint density at radius 2 is 1.81 bits per heavy atom. The highest BCUT2D eigenvalue weighted by Crippen LogP contribution is 2.31. The first kappa shape index (κ1) is 19.7. The van der Waals surface area contributed by atoms with Crippen molar-refractivity contribution >= 4 is 38.9 Å². The summed E-state index contributed by atoms with van der Waals surface area (Å²) < 4.78 is 27.7. The minimum atomic E-state index is -3.69. The van der Waals surface area contributed by atoms with Crippen LogP contribution in [0, 0.1) is 5.92 Å². The van der Waals surface area contributed by atoms with E-state index in [0.717, 1.165) is 17.7 Å². The molecule has 0 bridgehead atoms. The van der Waals surface area contributed by atoms with Crippen molar-refractivity contribution in [3.05, 3.63) is 53.1 Å². The Bertz CT molecular complexity index is 940. The maximum Gasteiger partial charge on any atom is 0.261 e.